The van der Waals surface area contributed by atoms with Gasteiger partial charge in [0.25, 0.3) is 0 Å². The molecule has 0 heterocycles. The Morgan fingerprint density at radius 3 is 1.00 bits per heavy atom. The van der Waals surface area contributed by atoms with Crippen molar-refractivity contribution in [2.24, 2.45) is 0 Å². The third kappa shape index (κ3) is 37.9. The molecule has 0 N–H and O–H groups in total. The zero-order valence-corrected chi connectivity index (χ0v) is 17.6. The van der Waals surface area contributed by atoms with E-state index in [9.17, 15) is 44.1 Å². The Bertz CT molecular complexity index is 430. The second-order valence-corrected chi connectivity index (χ2v) is 4.93. The maximum Gasteiger partial charge on any atom is 3.00 e. The topological polar surface area (TPSA) is 172 Å². The number of aliphatic carboxylic acids is 3. The van der Waals surface area contributed by atoms with Gasteiger partial charge in [0.1, 0.15) is 17.3 Å². The molecule has 0 amide bonds. The van der Waals surface area contributed by atoms with E-state index < -0.39 is 37.2 Å². The SMILES string of the molecule is CC(=O)CC(=O)[O-].CCCC(=O)CC(=O)[O-].CCCC(=O)CC(=O)[O-].[Ga+3]. The minimum atomic E-state index is -1.31. The molecule has 0 aliphatic heterocycles. The van der Waals surface area contributed by atoms with Crippen molar-refractivity contribution in [1.29, 1.82) is 0 Å². The predicted octanol–water partition coefficient (Wildman–Crippen LogP) is -2.67. The molecule has 144 valence electrons. The Morgan fingerprint density at radius 2 is 0.885 bits per heavy atom. The molecule has 0 unspecified atom stereocenters. The van der Waals surface area contributed by atoms with E-state index in [0.717, 1.165) is 0 Å². The Kier molecular flexibility index (Phi) is 25.8. The molecule has 26 heavy (non-hydrogen) atoms. The van der Waals surface area contributed by atoms with E-state index in [1.165, 1.54) is 6.92 Å². The molecule has 0 aromatic heterocycles. The van der Waals surface area contributed by atoms with Gasteiger partial charge < -0.3 is 29.7 Å². The first-order chi connectivity index (χ1) is 11.5. The van der Waals surface area contributed by atoms with Crippen molar-refractivity contribution in [3.63, 3.8) is 0 Å². The molecule has 0 radical (unpaired) electrons. The Morgan fingerprint density at radius 1 is 0.615 bits per heavy atom. The number of hydrogen-bond donors (Lipinski definition) is 0. The third-order valence-corrected chi connectivity index (χ3v) is 2.13. The second-order valence-electron chi connectivity index (χ2n) is 4.93. The number of ketones is 3. The largest absolute Gasteiger partial charge is 3.00 e. The van der Waals surface area contributed by atoms with Gasteiger partial charge in [0, 0.05) is 50.0 Å². The Hall–Kier alpha value is -1.94. The van der Waals surface area contributed by atoms with Crippen LogP contribution >= 0.6 is 0 Å². The number of Topliss-reactive ketones (excluding diaryl/α,β-unsaturated/α-hetero) is 3. The smallest absolute Gasteiger partial charge is 0.550 e. The van der Waals surface area contributed by atoms with Crippen LogP contribution in [0.2, 0.25) is 0 Å². The minimum absolute atomic E-state index is 0. The van der Waals surface area contributed by atoms with Crippen molar-refractivity contribution < 1.29 is 44.1 Å². The van der Waals surface area contributed by atoms with Crippen molar-refractivity contribution >= 4 is 55.0 Å². The molecule has 0 aromatic rings. The maximum absolute atomic E-state index is 10.4. The van der Waals surface area contributed by atoms with Crippen molar-refractivity contribution in [1.82, 2.24) is 0 Å². The Balaban J connectivity index is -0.000000138. The van der Waals surface area contributed by atoms with Crippen LogP contribution in [0, 0.1) is 0 Å². The van der Waals surface area contributed by atoms with Crippen LogP contribution in [0.3, 0.4) is 0 Å². The van der Waals surface area contributed by atoms with Gasteiger partial charge in [-0.3, -0.25) is 14.4 Å². The van der Waals surface area contributed by atoms with Crippen LogP contribution < -0.4 is 15.3 Å². The molecule has 0 atom stereocenters. The van der Waals surface area contributed by atoms with Crippen LogP contribution in [0.4, 0.5) is 0 Å². The van der Waals surface area contributed by atoms with E-state index >= 15 is 0 Å². The van der Waals surface area contributed by atoms with Crippen LogP contribution in [0.5, 0.6) is 0 Å². The molecule has 0 aliphatic rings. The van der Waals surface area contributed by atoms with E-state index in [4.69, 9.17) is 0 Å². The average Bonchev–Trinajstić information content (AvgIpc) is 2.36. The van der Waals surface area contributed by atoms with Crippen molar-refractivity contribution in [2.75, 3.05) is 0 Å². The van der Waals surface area contributed by atoms with E-state index in [1.54, 1.807) is 0 Å². The zero-order valence-electron chi connectivity index (χ0n) is 15.2. The summed E-state index contributed by atoms with van der Waals surface area (Å²) in [5.74, 6) is -4.76. The van der Waals surface area contributed by atoms with Gasteiger partial charge in [0.15, 0.2) is 0 Å². The molecule has 10 heteroatoms. The van der Waals surface area contributed by atoms with Crippen molar-refractivity contribution in [2.45, 2.75) is 65.7 Å². The van der Waals surface area contributed by atoms with Crippen LogP contribution in [0.25, 0.3) is 0 Å². The molecule has 0 aromatic carbocycles. The number of carboxylic acid groups (broad SMARTS) is 3. The second kappa shape index (κ2) is 21.1. The van der Waals surface area contributed by atoms with Crippen LogP contribution in [-0.4, -0.2) is 55.0 Å². The summed E-state index contributed by atoms with van der Waals surface area (Å²) in [5, 5.41) is 29.0. The van der Waals surface area contributed by atoms with Crippen LogP contribution in [0.15, 0.2) is 0 Å². The van der Waals surface area contributed by atoms with Gasteiger partial charge in [0.05, 0.1) is 0 Å². The number of carbonyl (C=O) groups excluding carboxylic acids is 6. The first-order valence-corrected chi connectivity index (χ1v) is 7.58. The molecule has 0 spiro atoms. The van der Waals surface area contributed by atoms with Gasteiger partial charge in [-0.05, 0) is 19.8 Å². The fourth-order valence-electron chi connectivity index (χ4n) is 1.26. The normalized spacial score (nSPS) is 8.42. The monoisotopic (exact) mass is 428 g/mol. The van der Waals surface area contributed by atoms with E-state index in [-0.39, 0.29) is 37.1 Å². The number of hydrogen-bond acceptors (Lipinski definition) is 9. The summed E-state index contributed by atoms with van der Waals surface area (Å²) >= 11 is 0. The quantitative estimate of drug-likeness (QED) is 0.265. The molecule has 0 saturated carbocycles. The molecule has 0 bridgehead atoms. The zero-order chi connectivity index (χ0) is 20.4. The van der Waals surface area contributed by atoms with Gasteiger partial charge >= 0.3 is 19.8 Å². The van der Waals surface area contributed by atoms with Gasteiger partial charge in [0.2, 0.25) is 0 Å². The molecule has 9 nitrogen and oxygen atoms in total. The molecule has 0 fully saturated rings. The predicted molar refractivity (Wildman–Crippen MR) is 85.1 cm³/mol. The fraction of sp³-hybridized carbons (Fsp3) is 0.625. The maximum atomic E-state index is 10.4. The van der Waals surface area contributed by atoms with Gasteiger partial charge in [-0.25, -0.2) is 0 Å². The van der Waals surface area contributed by atoms with Crippen molar-refractivity contribution in [3.8, 4) is 0 Å². The van der Waals surface area contributed by atoms with Gasteiger partial charge in [-0.2, -0.15) is 0 Å². The standard InChI is InChI=1S/2C6H10O3.C4H6O3.Ga/c2*1-2-3-5(7)4-6(8)9;1-3(5)2-4(6)7;/h2*2-4H2,1H3,(H,8,9);2H2,1H3,(H,6,7);/q;;;+3/p-3. The summed E-state index contributed by atoms with van der Waals surface area (Å²) in [4.78, 5) is 59.7. The van der Waals surface area contributed by atoms with Gasteiger partial charge in [-0.1, -0.05) is 13.8 Å². The fourth-order valence-corrected chi connectivity index (χ4v) is 1.26. The van der Waals surface area contributed by atoms with Gasteiger partial charge in [-0.15, -0.1) is 0 Å². The first kappa shape index (κ1) is 31.8. The third-order valence-electron chi connectivity index (χ3n) is 2.13. The summed E-state index contributed by atoms with van der Waals surface area (Å²) in [6.45, 7) is 4.86. The van der Waals surface area contributed by atoms with Crippen molar-refractivity contribution in [3.05, 3.63) is 0 Å². The summed E-state index contributed by atoms with van der Waals surface area (Å²) < 4.78 is 0. The number of carbonyl (C=O) groups is 6. The van der Waals surface area contributed by atoms with E-state index in [2.05, 4.69) is 0 Å². The number of rotatable bonds is 10. The summed E-state index contributed by atoms with van der Waals surface area (Å²) in [6.07, 6.45) is 0.738. The first-order valence-electron chi connectivity index (χ1n) is 7.58. The molecular formula is C16H23GaO9. The average molecular weight is 429 g/mol. The molecule has 0 saturated heterocycles. The van der Waals surface area contributed by atoms with Crippen LogP contribution in [-0.2, 0) is 28.8 Å². The minimum Gasteiger partial charge on any atom is -0.550 e. The van der Waals surface area contributed by atoms with E-state index in [1.807, 2.05) is 13.8 Å². The summed E-state index contributed by atoms with van der Waals surface area (Å²) in [5.41, 5.74) is 0. The molecular weight excluding hydrogens is 406 g/mol. The Labute approximate surface area is 165 Å². The molecule has 0 rings (SSSR count). The van der Waals surface area contributed by atoms with E-state index in [0.29, 0.717) is 25.7 Å². The summed E-state index contributed by atoms with van der Waals surface area (Å²) in [6, 6.07) is 0. The molecule has 0 aliphatic carbocycles. The van der Waals surface area contributed by atoms with Crippen LogP contribution in [0.1, 0.15) is 65.7 Å². The summed E-state index contributed by atoms with van der Waals surface area (Å²) in [7, 11) is 0. The number of carboxylic acids is 3.